The zero-order chi connectivity index (χ0) is 8.91. The molecule has 2 nitrogen and oxygen atoms in total. The second kappa shape index (κ2) is 4.73. The first kappa shape index (κ1) is 10.9. The molecule has 0 heterocycles. The first-order valence-corrected chi connectivity index (χ1v) is 4.45. The molecular formula is C9H22N2. The van der Waals surface area contributed by atoms with Crippen LogP contribution in [0.5, 0.6) is 0 Å². The van der Waals surface area contributed by atoms with Crippen LogP contribution in [0.2, 0.25) is 0 Å². The predicted molar refractivity (Wildman–Crippen MR) is 50.6 cm³/mol. The van der Waals surface area contributed by atoms with E-state index < -0.39 is 0 Å². The van der Waals surface area contributed by atoms with Crippen LogP contribution in [0.3, 0.4) is 0 Å². The van der Waals surface area contributed by atoms with Gasteiger partial charge in [0.05, 0.1) is 0 Å². The number of hydrogen-bond donors (Lipinski definition) is 1. The maximum atomic E-state index is 5.75. The lowest BCUT2D eigenvalue weighted by Gasteiger charge is -2.32. The Morgan fingerprint density at radius 3 is 1.73 bits per heavy atom. The Hall–Kier alpha value is -0.0800. The number of nitrogens with two attached hydrogens (primary N) is 1. The number of nitrogens with zero attached hydrogens (tertiary/aromatic N) is 1. The first-order valence-electron chi connectivity index (χ1n) is 4.45. The SMILES string of the molecule is CCC(CC)(CN)CN(C)C. The van der Waals surface area contributed by atoms with E-state index in [-0.39, 0.29) is 0 Å². The molecule has 0 aromatic rings. The minimum Gasteiger partial charge on any atom is -0.330 e. The molecular weight excluding hydrogens is 136 g/mol. The van der Waals surface area contributed by atoms with Crippen LogP contribution in [-0.2, 0) is 0 Å². The van der Waals surface area contributed by atoms with E-state index in [0.717, 1.165) is 13.1 Å². The van der Waals surface area contributed by atoms with Crippen LogP contribution in [0.1, 0.15) is 26.7 Å². The van der Waals surface area contributed by atoms with Gasteiger partial charge in [0, 0.05) is 6.54 Å². The smallest absolute Gasteiger partial charge is 0.00438 e. The van der Waals surface area contributed by atoms with E-state index in [1.807, 2.05) is 0 Å². The fourth-order valence-electron chi connectivity index (χ4n) is 1.50. The van der Waals surface area contributed by atoms with Gasteiger partial charge in [-0.15, -0.1) is 0 Å². The molecule has 2 heteroatoms. The third kappa shape index (κ3) is 3.21. The summed E-state index contributed by atoms with van der Waals surface area (Å²) in [6.45, 7) is 6.36. The van der Waals surface area contributed by atoms with E-state index in [0.29, 0.717) is 5.41 Å². The van der Waals surface area contributed by atoms with Crippen LogP contribution >= 0.6 is 0 Å². The molecule has 0 unspecified atom stereocenters. The fraction of sp³-hybridized carbons (Fsp3) is 1.00. The summed E-state index contributed by atoms with van der Waals surface area (Å²) in [5.41, 5.74) is 6.10. The lowest BCUT2D eigenvalue weighted by molar-refractivity contribution is 0.188. The Morgan fingerprint density at radius 1 is 1.18 bits per heavy atom. The maximum absolute atomic E-state index is 5.75. The summed E-state index contributed by atoms with van der Waals surface area (Å²) in [7, 11) is 4.21. The van der Waals surface area contributed by atoms with E-state index in [2.05, 4.69) is 32.8 Å². The average molecular weight is 158 g/mol. The molecule has 0 atom stereocenters. The molecule has 11 heavy (non-hydrogen) atoms. The Labute approximate surface area is 70.8 Å². The molecule has 0 rings (SSSR count). The summed E-state index contributed by atoms with van der Waals surface area (Å²) >= 11 is 0. The van der Waals surface area contributed by atoms with Gasteiger partial charge < -0.3 is 10.6 Å². The Morgan fingerprint density at radius 2 is 1.64 bits per heavy atom. The van der Waals surface area contributed by atoms with Crippen molar-refractivity contribution in [1.82, 2.24) is 4.90 Å². The number of hydrogen-bond acceptors (Lipinski definition) is 2. The fourth-order valence-corrected chi connectivity index (χ4v) is 1.50. The Bertz CT molecular complexity index is 87.5. The summed E-state index contributed by atoms with van der Waals surface area (Å²) in [5, 5.41) is 0. The maximum Gasteiger partial charge on any atom is 0.00438 e. The van der Waals surface area contributed by atoms with Gasteiger partial charge >= 0.3 is 0 Å². The third-order valence-corrected chi connectivity index (χ3v) is 2.58. The van der Waals surface area contributed by atoms with E-state index in [1.165, 1.54) is 12.8 Å². The minimum absolute atomic E-state index is 0.351. The van der Waals surface area contributed by atoms with Gasteiger partial charge in [-0.25, -0.2) is 0 Å². The molecule has 0 aromatic carbocycles. The van der Waals surface area contributed by atoms with Gasteiger partial charge in [0.1, 0.15) is 0 Å². The summed E-state index contributed by atoms with van der Waals surface area (Å²) in [4.78, 5) is 2.22. The van der Waals surface area contributed by atoms with Crippen molar-refractivity contribution in [3.63, 3.8) is 0 Å². The lowest BCUT2D eigenvalue weighted by Crippen LogP contribution is -2.39. The molecule has 2 N–H and O–H groups in total. The van der Waals surface area contributed by atoms with Crippen LogP contribution in [0, 0.1) is 5.41 Å². The zero-order valence-corrected chi connectivity index (χ0v) is 8.35. The topological polar surface area (TPSA) is 29.3 Å². The summed E-state index contributed by atoms with van der Waals surface area (Å²) < 4.78 is 0. The van der Waals surface area contributed by atoms with E-state index >= 15 is 0 Å². The van der Waals surface area contributed by atoms with Crippen molar-refractivity contribution in [2.45, 2.75) is 26.7 Å². The highest BCUT2D eigenvalue weighted by Crippen LogP contribution is 2.24. The molecule has 0 spiro atoms. The van der Waals surface area contributed by atoms with Crippen molar-refractivity contribution in [3.05, 3.63) is 0 Å². The van der Waals surface area contributed by atoms with Crippen LogP contribution in [-0.4, -0.2) is 32.1 Å². The van der Waals surface area contributed by atoms with Gasteiger partial charge in [0.15, 0.2) is 0 Å². The summed E-state index contributed by atoms with van der Waals surface area (Å²) in [5.74, 6) is 0. The van der Waals surface area contributed by atoms with Gasteiger partial charge in [-0.05, 0) is 38.9 Å². The zero-order valence-electron chi connectivity index (χ0n) is 8.35. The summed E-state index contributed by atoms with van der Waals surface area (Å²) in [6.07, 6.45) is 2.36. The van der Waals surface area contributed by atoms with Gasteiger partial charge in [-0.2, -0.15) is 0 Å². The highest BCUT2D eigenvalue weighted by molar-refractivity contribution is 4.79. The van der Waals surface area contributed by atoms with Crippen LogP contribution in [0.15, 0.2) is 0 Å². The molecule has 0 radical (unpaired) electrons. The summed E-state index contributed by atoms with van der Waals surface area (Å²) in [6, 6.07) is 0. The van der Waals surface area contributed by atoms with E-state index in [1.54, 1.807) is 0 Å². The third-order valence-electron chi connectivity index (χ3n) is 2.58. The van der Waals surface area contributed by atoms with Gasteiger partial charge in [0.25, 0.3) is 0 Å². The van der Waals surface area contributed by atoms with Crippen molar-refractivity contribution in [1.29, 1.82) is 0 Å². The monoisotopic (exact) mass is 158 g/mol. The first-order chi connectivity index (χ1) is 5.10. The quantitative estimate of drug-likeness (QED) is 0.653. The Balaban J connectivity index is 4.05. The predicted octanol–water partition coefficient (Wildman–Crippen LogP) is 1.31. The second-order valence-electron chi connectivity index (χ2n) is 3.65. The van der Waals surface area contributed by atoms with E-state index in [4.69, 9.17) is 5.73 Å². The molecule has 0 aliphatic heterocycles. The van der Waals surface area contributed by atoms with Gasteiger partial charge in [-0.3, -0.25) is 0 Å². The molecule has 0 aliphatic carbocycles. The van der Waals surface area contributed by atoms with Crippen molar-refractivity contribution < 1.29 is 0 Å². The molecule has 0 saturated carbocycles. The van der Waals surface area contributed by atoms with Gasteiger partial charge in [-0.1, -0.05) is 13.8 Å². The lowest BCUT2D eigenvalue weighted by atomic mass is 9.82. The van der Waals surface area contributed by atoms with Crippen molar-refractivity contribution in [3.8, 4) is 0 Å². The van der Waals surface area contributed by atoms with Crippen LogP contribution in [0.4, 0.5) is 0 Å². The highest BCUT2D eigenvalue weighted by atomic mass is 15.1. The normalized spacial score (nSPS) is 12.5. The van der Waals surface area contributed by atoms with Crippen molar-refractivity contribution >= 4 is 0 Å². The molecule has 0 saturated heterocycles. The largest absolute Gasteiger partial charge is 0.330 e. The van der Waals surface area contributed by atoms with E-state index in [9.17, 15) is 0 Å². The number of rotatable bonds is 5. The highest BCUT2D eigenvalue weighted by Gasteiger charge is 2.24. The molecule has 0 amide bonds. The molecule has 68 valence electrons. The second-order valence-corrected chi connectivity index (χ2v) is 3.65. The van der Waals surface area contributed by atoms with Crippen LogP contribution in [0.25, 0.3) is 0 Å². The minimum atomic E-state index is 0.351. The average Bonchev–Trinajstić information content (AvgIpc) is 2.00. The van der Waals surface area contributed by atoms with Gasteiger partial charge in [0.2, 0.25) is 0 Å². The van der Waals surface area contributed by atoms with Crippen molar-refractivity contribution in [2.24, 2.45) is 11.1 Å². The Kier molecular flexibility index (Phi) is 4.69. The standard InChI is InChI=1S/C9H22N2/c1-5-9(6-2,7-10)8-11(3)4/h5-8,10H2,1-4H3. The molecule has 0 bridgehead atoms. The molecule has 0 fully saturated rings. The molecule has 0 aromatic heterocycles. The van der Waals surface area contributed by atoms with Crippen LogP contribution < -0.4 is 5.73 Å². The van der Waals surface area contributed by atoms with Crippen molar-refractivity contribution in [2.75, 3.05) is 27.2 Å². The molecule has 0 aliphatic rings.